The second kappa shape index (κ2) is 6.74. The summed E-state index contributed by atoms with van der Waals surface area (Å²) in [4.78, 5) is 43.0. The number of nitrogens with zero attached hydrogens (tertiary/aromatic N) is 3. The van der Waals surface area contributed by atoms with Crippen LogP contribution in [-0.4, -0.2) is 58.2 Å². The number of fused-ring (bicyclic) bond motifs is 1. The first-order chi connectivity index (χ1) is 12.2. The van der Waals surface area contributed by atoms with Crippen molar-refractivity contribution >= 4 is 17.8 Å². The molecule has 2 atom stereocenters. The van der Waals surface area contributed by atoms with Gasteiger partial charge in [-0.2, -0.15) is 0 Å². The molecule has 3 rings (SSSR count). The van der Waals surface area contributed by atoms with E-state index in [1.165, 1.54) is 4.90 Å². The number of hydrogen-bond acceptors (Lipinski definition) is 3. The Bertz CT molecular complexity index is 711. The third-order valence-corrected chi connectivity index (χ3v) is 5.06. The van der Waals surface area contributed by atoms with Crippen molar-refractivity contribution in [2.45, 2.75) is 46.2 Å². The predicted molar refractivity (Wildman–Crippen MR) is 98.2 cm³/mol. The van der Waals surface area contributed by atoms with Gasteiger partial charge in [0.25, 0.3) is 5.91 Å². The highest BCUT2D eigenvalue weighted by Crippen LogP contribution is 2.31. The number of rotatable bonds is 3. The van der Waals surface area contributed by atoms with Crippen molar-refractivity contribution < 1.29 is 14.4 Å². The maximum atomic E-state index is 12.9. The zero-order valence-electron chi connectivity index (χ0n) is 15.9. The van der Waals surface area contributed by atoms with E-state index in [9.17, 15) is 14.4 Å². The van der Waals surface area contributed by atoms with Gasteiger partial charge in [-0.25, -0.2) is 4.79 Å². The lowest BCUT2D eigenvalue weighted by molar-refractivity contribution is -0.137. The average Bonchev–Trinajstić information content (AvgIpc) is 2.84. The zero-order valence-corrected chi connectivity index (χ0v) is 15.9. The van der Waals surface area contributed by atoms with E-state index >= 15 is 0 Å². The van der Waals surface area contributed by atoms with Gasteiger partial charge >= 0.3 is 6.03 Å². The van der Waals surface area contributed by atoms with Crippen LogP contribution in [0, 0.1) is 5.41 Å². The highest BCUT2D eigenvalue weighted by Gasteiger charge is 2.50. The van der Waals surface area contributed by atoms with Crippen LogP contribution < -0.4 is 0 Å². The summed E-state index contributed by atoms with van der Waals surface area (Å²) >= 11 is 0. The third-order valence-electron chi connectivity index (χ3n) is 5.06. The average molecular weight is 357 g/mol. The fourth-order valence-corrected chi connectivity index (χ4v) is 3.65. The Morgan fingerprint density at radius 2 is 1.81 bits per heavy atom. The van der Waals surface area contributed by atoms with E-state index in [4.69, 9.17) is 0 Å². The molecular weight excluding hydrogens is 330 g/mol. The maximum absolute atomic E-state index is 12.9. The van der Waals surface area contributed by atoms with Crippen LogP contribution in [0.2, 0.25) is 0 Å². The van der Waals surface area contributed by atoms with E-state index in [1.54, 1.807) is 9.80 Å². The first kappa shape index (κ1) is 18.4. The number of imide groups is 1. The Hall–Kier alpha value is -2.37. The quantitative estimate of drug-likeness (QED) is 0.782. The van der Waals surface area contributed by atoms with Gasteiger partial charge in [-0.3, -0.25) is 14.5 Å². The van der Waals surface area contributed by atoms with Crippen LogP contribution in [0.3, 0.4) is 0 Å². The molecule has 0 N–H and O–H groups in total. The number of piperazine rings is 1. The van der Waals surface area contributed by atoms with Crippen LogP contribution in [0.1, 0.15) is 45.7 Å². The summed E-state index contributed by atoms with van der Waals surface area (Å²) in [7, 11) is 0. The van der Waals surface area contributed by atoms with Gasteiger partial charge in [0.05, 0.1) is 12.6 Å². The molecule has 2 saturated heterocycles. The molecule has 0 aliphatic carbocycles. The van der Waals surface area contributed by atoms with Crippen molar-refractivity contribution in [1.82, 2.24) is 14.7 Å². The highest BCUT2D eigenvalue weighted by atomic mass is 16.2. The lowest BCUT2D eigenvalue weighted by Crippen LogP contribution is -2.55. The van der Waals surface area contributed by atoms with Crippen LogP contribution in [-0.2, 0) is 9.59 Å². The van der Waals surface area contributed by atoms with Gasteiger partial charge in [-0.1, -0.05) is 51.1 Å². The SMILES string of the molecule is C[C@H](c1ccccc1)N1C(=O)[C@H]2CN(C(=O)CC(C)(C)C)CCN2C1=O. The van der Waals surface area contributed by atoms with Crippen molar-refractivity contribution in [2.75, 3.05) is 19.6 Å². The Morgan fingerprint density at radius 1 is 1.15 bits per heavy atom. The third kappa shape index (κ3) is 3.45. The number of carbonyl (C=O) groups excluding carboxylic acids is 3. The number of benzene rings is 1. The molecule has 0 spiro atoms. The Labute approximate surface area is 154 Å². The standard InChI is InChI=1S/C20H27N3O3/c1-14(15-8-6-5-7-9-15)23-18(25)16-13-21(10-11-22(16)19(23)26)17(24)12-20(2,3)4/h5-9,14,16H,10-13H2,1-4H3/t14-,16-/m1/s1. The molecule has 0 unspecified atom stereocenters. The monoisotopic (exact) mass is 357 g/mol. The van der Waals surface area contributed by atoms with E-state index in [0.29, 0.717) is 19.5 Å². The molecule has 0 radical (unpaired) electrons. The lowest BCUT2D eigenvalue weighted by Gasteiger charge is -2.36. The molecule has 2 heterocycles. The van der Waals surface area contributed by atoms with Crippen molar-refractivity contribution in [2.24, 2.45) is 5.41 Å². The molecule has 6 heteroatoms. The van der Waals surface area contributed by atoms with Gasteiger partial charge in [0.15, 0.2) is 0 Å². The Kier molecular flexibility index (Phi) is 4.78. The van der Waals surface area contributed by atoms with Crippen LogP contribution >= 0.6 is 0 Å². The summed E-state index contributed by atoms with van der Waals surface area (Å²) in [6, 6.07) is 8.41. The molecule has 0 bridgehead atoms. The molecule has 6 nitrogen and oxygen atoms in total. The first-order valence-electron chi connectivity index (χ1n) is 9.15. The van der Waals surface area contributed by atoms with Gasteiger partial charge in [-0.05, 0) is 17.9 Å². The number of carbonyl (C=O) groups is 3. The smallest absolute Gasteiger partial charge is 0.328 e. The number of urea groups is 1. The van der Waals surface area contributed by atoms with Gasteiger partial charge in [-0.15, -0.1) is 0 Å². The lowest BCUT2D eigenvalue weighted by atomic mass is 9.91. The molecule has 0 saturated carbocycles. The number of amides is 4. The minimum atomic E-state index is -0.564. The normalized spacial score (nSPS) is 21.8. The van der Waals surface area contributed by atoms with Gasteiger partial charge in [0.1, 0.15) is 6.04 Å². The molecule has 1 aromatic carbocycles. The minimum Gasteiger partial charge on any atom is -0.338 e. The zero-order chi connectivity index (χ0) is 19.1. The summed E-state index contributed by atoms with van der Waals surface area (Å²) in [5, 5.41) is 0. The summed E-state index contributed by atoms with van der Waals surface area (Å²) in [6.45, 7) is 9.11. The molecule has 2 aliphatic heterocycles. The fraction of sp³-hybridized carbons (Fsp3) is 0.550. The minimum absolute atomic E-state index is 0.0481. The summed E-state index contributed by atoms with van der Waals surface area (Å²) in [5.41, 5.74) is 0.826. The van der Waals surface area contributed by atoms with Crippen molar-refractivity contribution in [3.63, 3.8) is 0 Å². The first-order valence-corrected chi connectivity index (χ1v) is 9.15. The summed E-state index contributed by atoms with van der Waals surface area (Å²) in [6.07, 6.45) is 0.436. The van der Waals surface area contributed by atoms with E-state index < -0.39 is 6.04 Å². The van der Waals surface area contributed by atoms with Crippen LogP contribution in [0.15, 0.2) is 30.3 Å². The van der Waals surface area contributed by atoms with Crippen LogP contribution in [0.4, 0.5) is 4.79 Å². The summed E-state index contributed by atoms with van der Waals surface area (Å²) < 4.78 is 0. The predicted octanol–water partition coefficient (Wildman–Crippen LogP) is 2.66. The maximum Gasteiger partial charge on any atom is 0.328 e. The molecular formula is C20H27N3O3. The second-order valence-electron chi connectivity index (χ2n) is 8.36. The van der Waals surface area contributed by atoms with Crippen molar-refractivity contribution in [3.05, 3.63) is 35.9 Å². The molecule has 0 aromatic heterocycles. The fourth-order valence-electron chi connectivity index (χ4n) is 3.65. The Balaban J connectivity index is 1.75. The second-order valence-corrected chi connectivity index (χ2v) is 8.36. The molecule has 2 fully saturated rings. The molecule has 1 aromatic rings. The van der Waals surface area contributed by atoms with E-state index in [-0.39, 0.29) is 35.8 Å². The largest absolute Gasteiger partial charge is 0.338 e. The molecule has 4 amide bonds. The van der Waals surface area contributed by atoms with Gasteiger partial charge in [0.2, 0.25) is 5.91 Å². The molecule has 2 aliphatic rings. The van der Waals surface area contributed by atoms with Crippen molar-refractivity contribution in [3.8, 4) is 0 Å². The summed E-state index contributed by atoms with van der Waals surface area (Å²) in [5.74, 6) is -0.161. The van der Waals surface area contributed by atoms with Crippen LogP contribution in [0.25, 0.3) is 0 Å². The molecule has 26 heavy (non-hydrogen) atoms. The van der Waals surface area contributed by atoms with Crippen LogP contribution in [0.5, 0.6) is 0 Å². The highest BCUT2D eigenvalue weighted by molar-refractivity contribution is 6.05. The number of hydrogen-bond donors (Lipinski definition) is 0. The van der Waals surface area contributed by atoms with Gasteiger partial charge in [0, 0.05) is 19.5 Å². The van der Waals surface area contributed by atoms with E-state index in [0.717, 1.165) is 5.56 Å². The van der Waals surface area contributed by atoms with E-state index in [2.05, 4.69) is 0 Å². The van der Waals surface area contributed by atoms with Gasteiger partial charge < -0.3 is 9.80 Å². The van der Waals surface area contributed by atoms with Crippen molar-refractivity contribution in [1.29, 1.82) is 0 Å². The Morgan fingerprint density at radius 3 is 2.42 bits per heavy atom. The van der Waals surface area contributed by atoms with E-state index in [1.807, 2.05) is 58.0 Å². The topological polar surface area (TPSA) is 60.9 Å². The molecule has 140 valence electrons.